The van der Waals surface area contributed by atoms with Gasteiger partial charge in [-0.3, -0.25) is 4.79 Å². The molecule has 0 saturated heterocycles. The molecule has 0 radical (unpaired) electrons. The second-order valence-electron chi connectivity index (χ2n) is 7.13. The van der Waals surface area contributed by atoms with Gasteiger partial charge in [-0.15, -0.1) is 10.2 Å². The highest BCUT2D eigenvalue weighted by atomic mass is 35.7. The maximum atomic E-state index is 11.2. The van der Waals surface area contributed by atoms with E-state index in [4.69, 9.17) is 18.6 Å². The number of hydrogen-bond acceptors (Lipinski definition) is 5. The van der Waals surface area contributed by atoms with Gasteiger partial charge in [-0.25, -0.2) is 18.6 Å². The molecule has 1 heterocycles. The lowest BCUT2D eigenvalue weighted by molar-refractivity contribution is -2.00. The normalized spacial score (nSPS) is 10.9. The van der Waals surface area contributed by atoms with Gasteiger partial charge in [0.1, 0.15) is 6.42 Å². The van der Waals surface area contributed by atoms with Crippen molar-refractivity contribution >= 4 is 5.97 Å². The van der Waals surface area contributed by atoms with Gasteiger partial charge in [-0.2, -0.15) is 4.57 Å². The van der Waals surface area contributed by atoms with Crippen LogP contribution in [0.25, 0.3) is 22.4 Å². The summed E-state index contributed by atoms with van der Waals surface area (Å²) in [6, 6.07) is 25.0. The topological polar surface area (TPSA) is 133 Å². The molecule has 170 valence electrons. The molecule has 3 rings (SSSR count). The molecule has 0 aliphatic carbocycles. The fourth-order valence-corrected chi connectivity index (χ4v) is 3.36. The molecule has 0 atom stereocenters. The smallest absolute Gasteiger partial charge is 0.309 e. The molecule has 0 spiro atoms. The van der Waals surface area contributed by atoms with Crippen LogP contribution in [-0.2, 0) is 17.8 Å². The van der Waals surface area contributed by atoms with Gasteiger partial charge in [-0.05, 0) is 29.7 Å². The molecule has 3 aromatic rings. The van der Waals surface area contributed by atoms with Crippen molar-refractivity contribution in [2.45, 2.75) is 39.2 Å². The first kappa shape index (κ1) is 25.5. The van der Waals surface area contributed by atoms with Crippen LogP contribution in [0.4, 0.5) is 0 Å². The van der Waals surface area contributed by atoms with Crippen molar-refractivity contribution in [1.29, 1.82) is 0 Å². The maximum Gasteiger partial charge on any atom is 0.309 e. The van der Waals surface area contributed by atoms with Crippen molar-refractivity contribution in [3.63, 3.8) is 0 Å². The summed E-state index contributed by atoms with van der Waals surface area (Å²) in [5, 5.41) is 9.22. The number of unbranched alkanes of at least 4 members (excludes halogenated alkanes) is 1. The van der Waals surface area contributed by atoms with Gasteiger partial charge in [0.25, 0.3) is 0 Å². The minimum Gasteiger partial charge on any atom is -0.481 e. The van der Waals surface area contributed by atoms with Crippen LogP contribution in [-0.4, -0.2) is 11.1 Å². The number of carboxylic acids is 1. The summed E-state index contributed by atoms with van der Waals surface area (Å²) < 4.78 is 36.2. The number of halogens is 1. The largest absolute Gasteiger partial charge is 0.481 e. The fourth-order valence-electron chi connectivity index (χ4n) is 3.36. The maximum absolute atomic E-state index is 11.2. The van der Waals surface area contributed by atoms with E-state index in [2.05, 4.69) is 60.0 Å². The lowest BCUT2D eigenvalue weighted by Crippen LogP contribution is -2.68. The second-order valence-corrected chi connectivity index (χ2v) is 7.89. The zero-order chi connectivity index (χ0) is 23.6. The summed E-state index contributed by atoms with van der Waals surface area (Å²) in [6.07, 6.45) is 3.25. The van der Waals surface area contributed by atoms with E-state index in [1.807, 2.05) is 24.3 Å². The van der Waals surface area contributed by atoms with Crippen molar-refractivity contribution in [3.05, 3.63) is 78.5 Å². The summed E-state index contributed by atoms with van der Waals surface area (Å²) in [4.78, 5) is 11.2. The number of carbonyl (C=O) groups is 1. The number of hydrogen-bond donors (Lipinski definition) is 1. The van der Waals surface area contributed by atoms with Crippen LogP contribution in [0, 0.1) is 10.2 Å². The summed E-state index contributed by atoms with van der Waals surface area (Å²) in [5.41, 5.74) is 5.73. The highest BCUT2D eigenvalue weighted by Crippen LogP contribution is 2.26. The Bertz CT molecular complexity index is 985. The van der Waals surface area contributed by atoms with Crippen LogP contribution in [0.1, 0.15) is 31.9 Å². The van der Waals surface area contributed by atoms with Crippen molar-refractivity contribution in [3.8, 4) is 22.4 Å². The van der Waals surface area contributed by atoms with Crippen LogP contribution in [0.2, 0.25) is 0 Å². The van der Waals surface area contributed by atoms with Crippen molar-refractivity contribution in [2.24, 2.45) is 0 Å². The number of aliphatic carboxylic acids is 1. The fraction of sp³-hybridized carbons (Fsp3) is 0.250. The van der Waals surface area contributed by atoms with E-state index < -0.39 is 16.2 Å². The number of aromatic nitrogens is 1. The Morgan fingerprint density at radius 2 is 1.41 bits per heavy atom. The third kappa shape index (κ3) is 8.74. The van der Waals surface area contributed by atoms with Gasteiger partial charge in [0.2, 0.25) is 5.69 Å². The summed E-state index contributed by atoms with van der Waals surface area (Å²) in [7, 11) is -4.94. The van der Waals surface area contributed by atoms with Crippen LogP contribution in [0.15, 0.2) is 72.8 Å². The van der Waals surface area contributed by atoms with E-state index in [1.54, 1.807) is 0 Å². The summed E-state index contributed by atoms with van der Waals surface area (Å²) in [5.74, 6) is -0.768. The van der Waals surface area contributed by atoms with E-state index in [-0.39, 0.29) is 6.42 Å². The van der Waals surface area contributed by atoms with Gasteiger partial charge >= 0.3 is 5.97 Å². The van der Waals surface area contributed by atoms with Crippen LogP contribution in [0.3, 0.4) is 0 Å². The Morgan fingerprint density at radius 3 is 1.91 bits per heavy atom. The van der Waals surface area contributed by atoms with Crippen molar-refractivity contribution < 1.29 is 43.3 Å². The third-order valence-corrected chi connectivity index (χ3v) is 4.76. The molecule has 0 saturated carbocycles. The van der Waals surface area contributed by atoms with Crippen molar-refractivity contribution in [1.82, 2.24) is 0 Å². The second kappa shape index (κ2) is 12.3. The number of rotatable bonds is 8. The number of pyridine rings is 1. The first-order valence-electron chi connectivity index (χ1n) is 10.2. The highest BCUT2D eigenvalue weighted by molar-refractivity contribution is 5.69. The molecule has 1 aromatic heterocycles. The molecule has 8 heteroatoms. The summed E-state index contributed by atoms with van der Waals surface area (Å²) >= 11 is 0. The lowest BCUT2D eigenvalue weighted by atomic mass is 9.99. The van der Waals surface area contributed by atoms with Gasteiger partial charge in [0, 0.05) is 24.1 Å². The first-order valence-corrected chi connectivity index (χ1v) is 11.4. The van der Waals surface area contributed by atoms with Gasteiger partial charge in [0.05, 0.1) is 0 Å². The molecular formula is C24H26ClNO6. The monoisotopic (exact) mass is 459 g/mol. The quantitative estimate of drug-likeness (QED) is 0.484. The third-order valence-electron chi connectivity index (χ3n) is 4.76. The van der Waals surface area contributed by atoms with Gasteiger partial charge in [-0.1, -0.05) is 61.9 Å². The summed E-state index contributed by atoms with van der Waals surface area (Å²) in [6.45, 7) is 2.66. The Kier molecular flexibility index (Phi) is 9.77. The molecule has 2 aromatic carbocycles. The molecular weight excluding hydrogens is 434 g/mol. The van der Waals surface area contributed by atoms with Gasteiger partial charge in [0.15, 0.2) is 12.2 Å². The van der Waals surface area contributed by atoms with Crippen LogP contribution in [0.5, 0.6) is 0 Å². The average molecular weight is 460 g/mol. The zero-order valence-electron chi connectivity index (χ0n) is 17.8. The van der Waals surface area contributed by atoms with E-state index in [9.17, 15) is 9.90 Å². The van der Waals surface area contributed by atoms with Crippen LogP contribution >= 0.6 is 0 Å². The lowest BCUT2D eigenvalue weighted by Gasteiger charge is -2.17. The van der Waals surface area contributed by atoms with E-state index in [1.165, 1.54) is 16.8 Å². The molecule has 0 fully saturated rings. The highest BCUT2D eigenvalue weighted by Gasteiger charge is 2.21. The molecule has 32 heavy (non-hydrogen) atoms. The van der Waals surface area contributed by atoms with Crippen LogP contribution < -0.4 is 23.2 Å². The minimum absolute atomic E-state index is 0.119. The number of carboxylic acid groups (broad SMARTS) is 1. The molecule has 0 aliphatic rings. The number of benzene rings is 2. The number of aryl methyl sites for hydroxylation is 1. The SMILES string of the molecule is CCCCc1cc(-c2ccccc2)cc(-c2ccccc2)[n+]1CCC(=O)O.[O-][Cl+3]([O-])([O-])[O-]. The molecule has 0 aliphatic heterocycles. The first-order chi connectivity index (χ1) is 15.2. The predicted octanol–water partition coefficient (Wildman–Crippen LogP) is 0.369. The molecule has 7 nitrogen and oxygen atoms in total. The number of nitrogens with zero attached hydrogens (tertiary/aromatic N) is 1. The molecule has 0 bridgehead atoms. The van der Waals surface area contributed by atoms with Crippen molar-refractivity contribution in [2.75, 3.05) is 0 Å². The van der Waals surface area contributed by atoms with E-state index in [0.29, 0.717) is 6.54 Å². The average Bonchev–Trinajstić information content (AvgIpc) is 2.76. The zero-order valence-corrected chi connectivity index (χ0v) is 18.5. The minimum atomic E-state index is -4.94. The Morgan fingerprint density at radius 1 is 0.875 bits per heavy atom. The van der Waals surface area contributed by atoms with E-state index >= 15 is 0 Å². The Labute approximate surface area is 189 Å². The Hall–Kier alpha value is -2.81. The molecule has 1 N–H and O–H groups in total. The Balaban J connectivity index is 0.000000654. The standard InChI is InChI=1S/C24H25NO2.ClHO4/c1-2-3-14-22-17-21(19-10-6-4-7-11-19)18-23(20-12-8-5-9-13-20)25(22)16-15-24(26)27;2-1(3,4)5/h4-13,17-18H,2-3,14-16H2,1H3;(H,2,3,4,5). The molecule has 0 unspecified atom stereocenters. The van der Waals surface area contributed by atoms with E-state index in [0.717, 1.165) is 30.5 Å². The predicted molar refractivity (Wildman–Crippen MR) is 108 cm³/mol. The van der Waals surface area contributed by atoms with Gasteiger partial charge < -0.3 is 5.11 Å². The molecule has 0 amide bonds.